The van der Waals surface area contributed by atoms with Crippen molar-refractivity contribution >= 4 is 11.9 Å². The zero-order chi connectivity index (χ0) is 11.8. The molecule has 6 nitrogen and oxygen atoms in total. The molecule has 90 valence electrons. The maximum absolute atomic E-state index is 11.2. The normalized spacial score (nSPS) is 34.3. The monoisotopic (exact) mass is 229 g/mol. The van der Waals surface area contributed by atoms with Gasteiger partial charge in [0.05, 0.1) is 19.8 Å². The highest BCUT2D eigenvalue weighted by atomic mass is 16.6. The van der Waals surface area contributed by atoms with E-state index in [0.717, 1.165) is 0 Å². The fourth-order valence-corrected chi connectivity index (χ4v) is 2.17. The molecule has 16 heavy (non-hydrogen) atoms. The molecule has 0 saturated carbocycles. The van der Waals surface area contributed by atoms with Crippen LogP contribution < -0.4 is 0 Å². The number of rotatable bonds is 1. The molecule has 0 aliphatic carbocycles. The van der Waals surface area contributed by atoms with Crippen LogP contribution in [0, 0.1) is 0 Å². The molecule has 0 radical (unpaired) electrons. The molecule has 2 aliphatic heterocycles. The molecule has 2 atom stereocenters. The number of nitrogens with zero attached hydrogens (tertiary/aromatic N) is 1. The number of carbonyl (C=O) groups is 2. The molecule has 1 N–H and O–H groups in total. The van der Waals surface area contributed by atoms with Crippen molar-refractivity contribution in [3.63, 3.8) is 0 Å². The SMILES string of the molecule is CC(=O)N1CCC2(COCC(C(=O)O)O2)C1. The highest BCUT2D eigenvalue weighted by Crippen LogP contribution is 2.30. The Kier molecular flexibility index (Phi) is 2.86. The van der Waals surface area contributed by atoms with Gasteiger partial charge in [0.25, 0.3) is 0 Å². The minimum Gasteiger partial charge on any atom is -0.479 e. The molecule has 0 bridgehead atoms. The van der Waals surface area contributed by atoms with Gasteiger partial charge in [0.2, 0.25) is 5.91 Å². The van der Waals surface area contributed by atoms with Crippen molar-refractivity contribution in [2.24, 2.45) is 0 Å². The first-order valence-corrected chi connectivity index (χ1v) is 5.26. The zero-order valence-corrected chi connectivity index (χ0v) is 9.14. The highest BCUT2D eigenvalue weighted by Gasteiger charge is 2.46. The molecule has 6 heteroatoms. The largest absolute Gasteiger partial charge is 0.479 e. The first-order chi connectivity index (χ1) is 7.52. The Labute approximate surface area is 93.1 Å². The van der Waals surface area contributed by atoms with E-state index >= 15 is 0 Å². The van der Waals surface area contributed by atoms with Crippen molar-refractivity contribution in [2.45, 2.75) is 25.0 Å². The first-order valence-electron chi connectivity index (χ1n) is 5.26. The molecule has 2 heterocycles. The van der Waals surface area contributed by atoms with Crippen molar-refractivity contribution < 1.29 is 24.2 Å². The van der Waals surface area contributed by atoms with Crippen LogP contribution in [-0.2, 0) is 19.1 Å². The summed E-state index contributed by atoms with van der Waals surface area (Å²) in [7, 11) is 0. The molecule has 1 spiro atoms. The Balaban J connectivity index is 2.03. The summed E-state index contributed by atoms with van der Waals surface area (Å²) >= 11 is 0. The second kappa shape index (κ2) is 4.03. The van der Waals surface area contributed by atoms with Crippen LogP contribution in [0.25, 0.3) is 0 Å². The highest BCUT2D eigenvalue weighted by molar-refractivity contribution is 5.74. The Bertz CT molecular complexity index is 318. The second-order valence-electron chi connectivity index (χ2n) is 4.33. The lowest BCUT2D eigenvalue weighted by Gasteiger charge is -2.36. The first kappa shape index (κ1) is 11.3. The summed E-state index contributed by atoms with van der Waals surface area (Å²) in [5.74, 6) is -1.03. The van der Waals surface area contributed by atoms with E-state index in [4.69, 9.17) is 14.6 Å². The van der Waals surface area contributed by atoms with Crippen LogP contribution in [0.15, 0.2) is 0 Å². The Hall–Kier alpha value is -1.14. The predicted molar refractivity (Wildman–Crippen MR) is 52.9 cm³/mol. The third kappa shape index (κ3) is 2.03. The van der Waals surface area contributed by atoms with Gasteiger partial charge in [0.15, 0.2) is 6.10 Å². The van der Waals surface area contributed by atoms with E-state index in [2.05, 4.69) is 0 Å². The number of carbonyl (C=O) groups excluding carboxylic acids is 1. The van der Waals surface area contributed by atoms with Crippen LogP contribution in [0.5, 0.6) is 0 Å². The number of aliphatic carboxylic acids is 1. The zero-order valence-electron chi connectivity index (χ0n) is 9.14. The smallest absolute Gasteiger partial charge is 0.335 e. The van der Waals surface area contributed by atoms with E-state index in [9.17, 15) is 9.59 Å². The molecular weight excluding hydrogens is 214 g/mol. The number of hydrogen-bond acceptors (Lipinski definition) is 4. The van der Waals surface area contributed by atoms with E-state index in [0.29, 0.717) is 26.1 Å². The number of carboxylic acids is 1. The Morgan fingerprint density at radius 2 is 2.25 bits per heavy atom. The van der Waals surface area contributed by atoms with Crippen LogP contribution in [0.2, 0.25) is 0 Å². The van der Waals surface area contributed by atoms with Crippen LogP contribution in [-0.4, -0.2) is 59.9 Å². The molecule has 2 fully saturated rings. The van der Waals surface area contributed by atoms with Crippen LogP contribution in [0.3, 0.4) is 0 Å². The summed E-state index contributed by atoms with van der Waals surface area (Å²) in [4.78, 5) is 23.7. The van der Waals surface area contributed by atoms with Gasteiger partial charge in [0, 0.05) is 13.5 Å². The summed E-state index contributed by atoms with van der Waals surface area (Å²) in [6.45, 7) is 2.96. The average molecular weight is 229 g/mol. The molecule has 0 aromatic heterocycles. The molecule has 2 unspecified atom stereocenters. The van der Waals surface area contributed by atoms with Gasteiger partial charge in [-0.3, -0.25) is 4.79 Å². The summed E-state index contributed by atoms with van der Waals surface area (Å²) in [6, 6.07) is 0. The maximum Gasteiger partial charge on any atom is 0.335 e. The van der Waals surface area contributed by atoms with Crippen molar-refractivity contribution in [3.05, 3.63) is 0 Å². The van der Waals surface area contributed by atoms with Gasteiger partial charge in [0.1, 0.15) is 5.60 Å². The lowest BCUT2D eigenvalue weighted by atomic mass is 10.0. The van der Waals surface area contributed by atoms with Gasteiger partial charge in [-0.1, -0.05) is 0 Å². The van der Waals surface area contributed by atoms with Crippen molar-refractivity contribution in [3.8, 4) is 0 Å². The van der Waals surface area contributed by atoms with E-state index in [1.54, 1.807) is 4.90 Å². The van der Waals surface area contributed by atoms with E-state index < -0.39 is 17.7 Å². The predicted octanol–water partition coefficient (Wildman–Crippen LogP) is -0.523. The van der Waals surface area contributed by atoms with Crippen LogP contribution in [0.1, 0.15) is 13.3 Å². The summed E-state index contributed by atoms with van der Waals surface area (Å²) in [6.07, 6.45) is -0.281. The third-order valence-corrected chi connectivity index (χ3v) is 3.06. The minimum atomic E-state index is -1.01. The summed E-state index contributed by atoms with van der Waals surface area (Å²) in [5, 5.41) is 8.87. The van der Waals surface area contributed by atoms with Crippen LogP contribution in [0.4, 0.5) is 0 Å². The van der Waals surface area contributed by atoms with E-state index in [1.165, 1.54) is 6.92 Å². The fourth-order valence-electron chi connectivity index (χ4n) is 2.17. The number of likely N-dealkylation sites (tertiary alicyclic amines) is 1. The third-order valence-electron chi connectivity index (χ3n) is 3.06. The summed E-state index contributed by atoms with van der Waals surface area (Å²) < 4.78 is 10.8. The number of carboxylic acid groups (broad SMARTS) is 1. The molecule has 2 aliphatic rings. The van der Waals surface area contributed by atoms with E-state index in [-0.39, 0.29) is 12.5 Å². The quantitative estimate of drug-likeness (QED) is 0.654. The standard InChI is InChI=1S/C10H15NO5/c1-7(12)11-3-2-10(5-11)6-15-4-8(16-10)9(13)14/h8H,2-6H2,1H3,(H,13,14). The van der Waals surface area contributed by atoms with Gasteiger partial charge < -0.3 is 19.5 Å². The molecule has 0 aromatic carbocycles. The number of hydrogen-bond donors (Lipinski definition) is 1. The lowest BCUT2D eigenvalue weighted by molar-refractivity contribution is -0.206. The summed E-state index contributed by atoms with van der Waals surface area (Å²) in [5.41, 5.74) is -0.618. The Morgan fingerprint density at radius 1 is 1.50 bits per heavy atom. The number of ether oxygens (including phenoxy) is 2. The average Bonchev–Trinajstić information content (AvgIpc) is 2.62. The van der Waals surface area contributed by atoms with Gasteiger partial charge in [-0.15, -0.1) is 0 Å². The molecule has 0 aromatic rings. The van der Waals surface area contributed by atoms with E-state index in [1.807, 2.05) is 0 Å². The minimum absolute atomic E-state index is 0.0158. The van der Waals surface area contributed by atoms with Gasteiger partial charge in [-0.2, -0.15) is 0 Å². The topological polar surface area (TPSA) is 76.1 Å². The van der Waals surface area contributed by atoms with Gasteiger partial charge in [-0.05, 0) is 6.42 Å². The molecule has 2 rings (SSSR count). The Morgan fingerprint density at radius 3 is 2.81 bits per heavy atom. The van der Waals surface area contributed by atoms with Gasteiger partial charge in [-0.25, -0.2) is 4.79 Å². The van der Waals surface area contributed by atoms with Crippen molar-refractivity contribution in [1.82, 2.24) is 4.90 Å². The van der Waals surface area contributed by atoms with Crippen molar-refractivity contribution in [1.29, 1.82) is 0 Å². The molecular formula is C10H15NO5. The molecule has 1 amide bonds. The lowest BCUT2D eigenvalue weighted by Crippen LogP contribution is -2.52. The maximum atomic E-state index is 11.2. The van der Waals surface area contributed by atoms with Crippen LogP contribution >= 0.6 is 0 Å². The molecule has 2 saturated heterocycles. The number of amides is 1. The second-order valence-corrected chi connectivity index (χ2v) is 4.33. The fraction of sp³-hybridized carbons (Fsp3) is 0.800. The van der Waals surface area contributed by atoms with Crippen molar-refractivity contribution in [2.75, 3.05) is 26.3 Å². The van der Waals surface area contributed by atoms with Gasteiger partial charge >= 0.3 is 5.97 Å².